The maximum Gasteiger partial charge on any atom is 0.151 e. The summed E-state index contributed by atoms with van der Waals surface area (Å²) in [5.74, 6) is 0.953. The Morgan fingerprint density at radius 1 is 1.25 bits per heavy atom. The predicted octanol–water partition coefficient (Wildman–Crippen LogP) is 2.97. The summed E-state index contributed by atoms with van der Waals surface area (Å²) in [7, 11) is 3.42. The standard InChI is InChI=1S/C15H14FN3O/c1-19-13-5-3-4-11(16)14(13)18-15(19)10-8-9(20-2)6-7-12(10)17/h3-8H,17H2,1-2H3. The van der Waals surface area contributed by atoms with Crippen molar-refractivity contribution in [1.82, 2.24) is 9.55 Å². The molecule has 0 radical (unpaired) electrons. The number of nitrogen functional groups attached to an aromatic ring is 1. The molecule has 4 nitrogen and oxygen atoms in total. The first-order chi connectivity index (χ1) is 9.61. The number of aromatic nitrogens is 2. The number of methoxy groups -OCH3 is 1. The van der Waals surface area contributed by atoms with Crippen molar-refractivity contribution in [2.24, 2.45) is 7.05 Å². The fourth-order valence-corrected chi connectivity index (χ4v) is 2.28. The Morgan fingerprint density at radius 2 is 2.05 bits per heavy atom. The summed E-state index contributed by atoms with van der Waals surface area (Å²) >= 11 is 0. The van der Waals surface area contributed by atoms with Gasteiger partial charge < -0.3 is 15.0 Å². The van der Waals surface area contributed by atoms with Crippen molar-refractivity contribution in [3.63, 3.8) is 0 Å². The molecule has 3 aromatic rings. The number of imidazole rings is 1. The number of hydrogen-bond acceptors (Lipinski definition) is 3. The summed E-state index contributed by atoms with van der Waals surface area (Å²) in [6.07, 6.45) is 0. The van der Waals surface area contributed by atoms with Crippen LogP contribution in [0.3, 0.4) is 0 Å². The number of anilines is 1. The molecule has 102 valence electrons. The second-order valence-electron chi connectivity index (χ2n) is 4.56. The first kappa shape index (κ1) is 12.5. The normalized spacial score (nSPS) is 10.9. The third-order valence-corrected chi connectivity index (χ3v) is 3.36. The molecule has 2 N–H and O–H groups in total. The van der Waals surface area contributed by atoms with Crippen LogP contribution < -0.4 is 10.5 Å². The van der Waals surface area contributed by atoms with Gasteiger partial charge in [0.25, 0.3) is 0 Å². The van der Waals surface area contributed by atoms with Crippen molar-refractivity contribution in [3.05, 3.63) is 42.2 Å². The number of hydrogen-bond donors (Lipinski definition) is 1. The molecule has 1 heterocycles. The second-order valence-corrected chi connectivity index (χ2v) is 4.56. The minimum absolute atomic E-state index is 0.340. The van der Waals surface area contributed by atoms with Crippen LogP contribution >= 0.6 is 0 Å². The van der Waals surface area contributed by atoms with Crippen LogP contribution in [0.1, 0.15) is 0 Å². The highest BCUT2D eigenvalue weighted by molar-refractivity contribution is 5.84. The molecule has 0 saturated carbocycles. The highest BCUT2D eigenvalue weighted by Crippen LogP contribution is 2.31. The van der Waals surface area contributed by atoms with Crippen molar-refractivity contribution in [2.45, 2.75) is 0 Å². The molecule has 0 spiro atoms. The number of fused-ring (bicyclic) bond motifs is 1. The molecule has 0 aliphatic heterocycles. The largest absolute Gasteiger partial charge is 0.497 e. The van der Waals surface area contributed by atoms with Gasteiger partial charge in [-0.15, -0.1) is 0 Å². The molecular formula is C15H14FN3O. The Bertz CT molecular complexity index is 795. The average Bonchev–Trinajstić information content (AvgIpc) is 2.79. The third-order valence-electron chi connectivity index (χ3n) is 3.36. The highest BCUT2D eigenvalue weighted by atomic mass is 19.1. The van der Waals surface area contributed by atoms with Crippen LogP contribution in [0.4, 0.5) is 10.1 Å². The molecule has 0 amide bonds. The lowest BCUT2D eigenvalue weighted by Gasteiger charge is -2.08. The Balaban J connectivity index is 2.30. The molecule has 0 aliphatic rings. The van der Waals surface area contributed by atoms with E-state index >= 15 is 0 Å². The van der Waals surface area contributed by atoms with Gasteiger partial charge in [-0.1, -0.05) is 6.07 Å². The monoisotopic (exact) mass is 271 g/mol. The van der Waals surface area contributed by atoms with E-state index in [9.17, 15) is 4.39 Å². The molecule has 0 fully saturated rings. The molecule has 0 bridgehead atoms. The molecular weight excluding hydrogens is 257 g/mol. The highest BCUT2D eigenvalue weighted by Gasteiger charge is 2.15. The fourth-order valence-electron chi connectivity index (χ4n) is 2.28. The van der Waals surface area contributed by atoms with Gasteiger partial charge in [0.1, 0.15) is 17.1 Å². The van der Waals surface area contributed by atoms with Gasteiger partial charge >= 0.3 is 0 Å². The number of rotatable bonds is 2. The van der Waals surface area contributed by atoms with Crippen molar-refractivity contribution in [3.8, 4) is 17.1 Å². The van der Waals surface area contributed by atoms with E-state index in [1.165, 1.54) is 6.07 Å². The zero-order chi connectivity index (χ0) is 14.3. The second kappa shape index (κ2) is 4.52. The summed E-state index contributed by atoms with van der Waals surface area (Å²) in [4.78, 5) is 4.37. The van der Waals surface area contributed by atoms with Crippen molar-refractivity contribution in [2.75, 3.05) is 12.8 Å². The van der Waals surface area contributed by atoms with Gasteiger partial charge in [-0.05, 0) is 30.3 Å². The topological polar surface area (TPSA) is 53.1 Å². The van der Waals surface area contributed by atoms with E-state index in [0.29, 0.717) is 22.8 Å². The van der Waals surface area contributed by atoms with Crippen LogP contribution in [-0.2, 0) is 7.05 Å². The summed E-state index contributed by atoms with van der Waals surface area (Å²) in [6.45, 7) is 0. The molecule has 5 heteroatoms. The van der Waals surface area contributed by atoms with E-state index in [4.69, 9.17) is 10.5 Å². The minimum Gasteiger partial charge on any atom is -0.497 e. The quantitative estimate of drug-likeness (QED) is 0.729. The molecule has 3 rings (SSSR count). The summed E-state index contributed by atoms with van der Waals surface area (Å²) in [6, 6.07) is 10.2. The zero-order valence-corrected chi connectivity index (χ0v) is 11.2. The number of aryl methyl sites for hydroxylation is 1. The van der Waals surface area contributed by atoms with Crippen LogP contribution in [0, 0.1) is 5.82 Å². The van der Waals surface area contributed by atoms with Crippen molar-refractivity contribution in [1.29, 1.82) is 0 Å². The van der Waals surface area contributed by atoms with E-state index in [1.807, 2.05) is 17.7 Å². The molecule has 2 aromatic carbocycles. The number of halogens is 1. The fraction of sp³-hybridized carbons (Fsp3) is 0.133. The van der Waals surface area contributed by atoms with Crippen LogP contribution in [0.2, 0.25) is 0 Å². The van der Waals surface area contributed by atoms with Gasteiger partial charge in [0.05, 0.1) is 12.6 Å². The molecule has 1 aromatic heterocycles. The Morgan fingerprint density at radius 3 is 2.75 bits per heavy atom. The van der Waals surface area contributed by atoms with E-state index in [2.05, 4.69) is 4.98 Å². The Labute approximate surface area is 115 Å². The third kappa shape index (κ3) is 1.79. The maximum absolute atomic E-state index is 13.8. The maximum atomic E-state index is 13.8. The number of ether oxygens (including phenoxy) is 1. The summed E-state index contributed by atoms with van der Waals surface area (Å²) in [5, 5.41) is 0. The molecule has 0 unspecified atom stereocenters. The number of benzene rings is 2. The Kier molecular flexibility index (Phi) is 2.82. The van der Waals surface area contributed by atoms with E-state index in [0.717, 1.165) is 11.1 Å². The van der Waals surface area contributed by atoms with E-state index in [1.54, 1.807) is 31.4 Å². The average molecular weight is 271 g/mol. The zero-order valence-electron chi connectivity index (χ0n) is 11.2. The molecule has 20 heavy (non-hydrogen) atoms. The Hall–Kier alpha value is -2.56. The molecule has 0 atom stereocenters. The van der Waals surface area contributed by atoms with E-state index in [-0.39, 0.29) is 5.82 Å². The van der Waals surface area contributed by atoms with Gasteiger partial charge in [0.15, 0.2) is 5.82 Å². The first-order valence-corrected chi connectivity index (χ1v) is 6.16. The minimum atomic E-state index is -0.342. The smallest absolute Gasteiger partial charge is 0.151 e. The lowest BCUT2D eigenvalue weighted by Crippen LogP contribution is -1.97. The predicted molar refractivity (Wildman–Crippen MR) is 77.1 cm³/mol. The van der Waals surface area contributed by atoms with Crippen molar-refractivity contribution >= 4 is 16.7 Å². The first-order valence-electron chi connectivity index (χ1n) is 6.16. The van der Waals surface area contributed by atoms with Gasteiger partial charge in [-0.25, -0.2) is 9.37 Å². The number of nitrogens with zero attached hydrogens (tertiary/aromatic N) is 2. The van der Waals surface area contributed by atoms with Crippen molar-refractivity contribution < 1.29 is 9.13 Å². The van der Waals surface area contributed by atoms with Crippen LogP contribution in [-0.4, -0.2) is 16.7 Å². The van der Waals surface area contributed by atoms with Gasteiger partial charge in [0.2, 0.25) is 0 Å². The SMILES string of the molecule is COc1ccc(N)c(-c2nc3c(F)cccc3n2C)c1. The lowest BCUT2D eigenvalue weighted by molar-refractivity contribution is 0.415. The van der Waals surface area contributed by atoms with Crippen LogP contribution in [0.5, 0.6) is 5.75 Å². The number of nitrogens with two attached hydrogens (primary N) is 1. The number of para-hydroxylation sites is 1. The summed E-state index contributed by atoms with van der Waals surface area (Å²) in [5.41, 5.74) is 8.36. The van der Waals surface area contributed by atoms with Crippen LogP contribution in [0.15, 0.2) is 36.4 Å². The van der Waals surface area contributed by atoms with Gasteiger partial charge in [0, 0.05) is 18.3 Å². The molecule has 0 saturated heterocycles. The molecule has 0 aliphatic carbocycles. The van der Waals surface area contributed by atoms with Gasteiger partial charge in [-0.2, -0.15) is 0 Å². The van der Waals surface area contributed by atoms with Crippen LogP contribution in [0.25, 0.3) is 22.4 Å². The summed E-state index contributed by atoms with van der Waals surface area (Å²) < 4.78 is 20.8. The lowest BCUT2D eigenvalue weighted by atomic mass is 10.1. The van der Waals surface area contributed by atoms with Gasteiger partial charge in [-0.3, -0.25) is 0 Å². The van der Waals surface area contributed by atoms with E-state index < -0.39 is 0 Å².